The highest BCUT2D eigenvalue weighted by molar-refractivity contribution is 8.01. The van der Waals surface area contributed by atoms with Crippen molar-refractivity contribution in [1.29, 1.82) is 0 Å². The van der Waals surface area contributed by atoms with Crippen molar-refractivity contribution in [2.45, 2.75) is 4.34 Å². The third kappa shape index (κ3) is 5.18. The first-order chi connectivity index (χ1) is 13.6. The molecule has 3 aromatic rings. The van der Waals surface area contributed by atoms with Crippen molar-refractivity contribution in [3.63, 3.8) is 0 Å². The summed E-state index contributed by atoms with van der Waals surface area (Å²) in [6, 6.07) is 4.89. The summed E-state index contributed by atoms with van der Waals surface area (Å²) >= 11 is 3.74. The number of amides is 2. The monoisotopic (exact) mass is 437 g/mol. The Morgan fingerprint density at radius 3 is 2.71 bits per heavy atom. The fourth-order valence-electron chi connectivity index (χ4n) is 2.04. The number of carbonyl (C=O) groups excluding carboxylic acids is 2. The summed E-state index contributed by atoms with van der Waals surface area (Å²) in [5.74, 6) is 0.556. The van der Waals surface area contributed by atoms with Crippen LogP contribution in [0.1, 0.15) is 10.4 Å². The van der Waals surface area contributed by atoms with Gasteiger partial charge in [-0.1, -0.05) is 23.1 Å². The summed E-state index contributed by atoms with van der Waals surface area (Å²) < 4.78 is 10.9. The molecule has 3 rings (SSSR count). The maximum absolute atomic E-state index is 12.5. The van der Waals surface area contributed by atoms with Crippen LogP contribution in [0.2, 0.25) is 0 Å². The van der Waals surface area contributed by atoms with Gasteiger partial charge in [0.2, 0.25) is 11.0 Å². The van der Waals surface area contributed by atoms with E-state index in [4.69, 9.17) is 9.47 Å². The minimum absolute atomic E-state index is 0.161. The van der Waals surface area contributed by atoms with Crippen molar-refractivity contribution in [3.05, 3.63) is 35.3 Å². The first-order valence-electron chi connectivity index (χ1n) is 7.78. The van der Waals surface area contributed by atoms with Crippen molar-refractivity contribution in [3.8, 4) is 11.5 Å². The van der Waals surface area contributed by atoms with Crippen molar-refractivity contribution < 1.29 is 19.1 Å². The minimum atomic E-state index is -0.381. The van der Waals surface area contributed by atoms with Gasteiger partial charge in [0.25, 0.3) is 5.91 Å². The van der Waals surface area contributed by atoms with E-state index in [-0.39, 0.29) is 17.6 Å². The summed E-state index contributed by atoms with van der Waals surface area (Å²) in [6.07, 6.45) is 1.62. The third-order valence-corrected chi connectivity index (χ3v) is 5.95. The van der Waals surface area contributed by atoms with E-state index >= 15 is 0 Å². The van der Waals surface area contributed by atoms with Gasteiger partial charge in [0.1, 0.15) is 11.5 Å². The quantitative estimate of drug-likeness (QED) is 0.408. The number of thioether (sulfide) groups is 1. The summed E-state index contributed by atoms with van der Waals surface area (Å²) in [5.41, 5.74) is 0.343. The highest BCUT2D eigenvalue weighted by Gasteiger charge is 2.16. The Bertz CT molecular complexity index is 961. The Morgan fingerprint density at radius 1 is 1.14 bits per heavy atom. The third-order valence-electron chi connectivity index (χ3n) is 3.29. The van der Waals surface area contributed by atoms with Crippen molar-refractivity contribution in [1.82, 2.24) is 15.2 Å². The van der Waals surface area contributed by atoms with Gasteiger partial charge in [-0.15, -0.1) is 21.5 Å². The molecular formula is C16H15N5O4S3. The molecule has 146 valence electrons. The van der Waals surface area contributed by atoms with Gasteiger partial charge in [0, 0.05) is 17.6 Å². The van der Waals surface area contributed by atoms with Gasteiger partial charge in [-0.05, 0) is 12.1 Å². The number of rotatable bonds is 8. The van der Waals surface area contributed by atoms with E-state index in [2.05, 4.69) is 25.8 Å². The number of methoxy groups -OCH3 is 2. The Hall–Kier alpha value is -2.70. The second-order valence-electron chi connectivity index (χ2n) is 5.07. The molecule has 0 aliphatic rings. The smallest absolute Gasteiger partial charge is 0.261 e. The standard InChI is InChI=1S/C16H15N5O4S3/c1-24-9-3-4-10(11(7-9)25-2)13(23)19-15-20-21-16(28-15)27-8-12(22)18-14-17-5-6-26-14/h3-7H,8H2,1-2H3,(H,17,18,22)(H,19,20,23). The molecule has 9 nitrogen and oxygen atoms in total. The van der Waals surface area contributed by atoms with Gasteiger partial charge < -0.3 is 14.8 Å². The molecule has 28 heavy (non-hydrogen) atoms. The molecule has 2 heterocycles. The average Bonchev–Trinajstić information content (AvgIpc) is 3.37. The zero-order chi connectivity index (χ0) is 19.9. The summed E-state index contributed by atoms with van der Waals surface area (Å²) in [4.78, 5) is 28.3. The van der Waals surface area contributed by atoms with Crippen molar-refractivity contribution >= 4 is 56.5 Å². The van der Waals surface area contributed by atoms with Crippen LogP contribution in [-0.2, 0) is 4.79 Å². The second-order valence-corrected chi connectivity index (χ2v) is 8.16. The molecule has 0 aliphatic carbocycles. The lowest BCUT2D eigenvalue weighted by atomic mass is 10.2. The van der Waals surface area contributed by atoms with Gasteiger partial charge in [-0.2, -0.15) is 0 Å². The maximum atomic E-state index is 12.5. The highest BCUT2D eigenvalue weighted by Crippen LogP contribution is 2.28. The van der Waals surface area contributed by atoms with Gasteiger partial charge in [0.15, 0.2) is 9.47 Å². The number of hydrogen-bond donors (Lipinski definition) is 2. The summed E-state index contributed by atoms with van der Waals surface area (Å²) in [7, 11) is 3.01. The molecule has 0 bridgehead atoms. The van der Waals surface area contributed by atoms with Crippen LogP contribution in [0.4, 0.5) is 10.3 Å². The highest BCUT2D eigenvalue weighted by atomic mass is 32.2. The van der Waals surface area contributed by atoms with Crippen molar-refractivity contribution in [2.75, 3.05) is 30.6 Å². The van der Waals surface area contributed by atoms with Crippen LogP contribution >= 0.6 is 34.4 Å². The maximum Gasteiger partial charge on any atom is 0.261 e. The number of nitrogens with zero attached hydrogens (tertiary/aromatic N) is 3. The van der Waals surface area contributed by atoms with Gasteiger partial charge in [-0.3, -0.25) is 14.9 Å². The summed E-state index contributed by atoms with van der Waals surface area (Å²) in [5, 5.41) is 15.9. The molecule has 1 aromatic carbocycles. The Labute approximate surface area is 172 Å². The fraction of sp³-hybridized carbons (Fsp3) is 0.188. The molecule has 0 radical (unpaired) electrons. The van der Waals surface area contributed by atoms with E-state index in [0.717, 1.165) is 0 Å². The minimum Gasteiger partial charge on any atom is -0.497 e. The molecule has 0 fully saturated rings. The number of anilines is 2. The van der Waals surface area contributed by atoms with Crippen LogP contribution in [-0.4, -0.2) is 47.0 Å². The number of benzene rings is 1. The van der Waals surface area contributed by atoms with Crippen molar-refractivity contribution in [2.24, 2.45) is 0 Å². The molecular weight excluding hydrogens is 422 g/mol. The molecule has 2 N–H and O–H groups in total. The molecule has 2 aromatic heterocycles. The van der Waals surface area contributed by atoms with Gasteiger partial charge in [0.05, 0.1) is 25.5 Å². The number of thiazole rings is 1. The lowest BCUT2D eigenvalue weighted by Gasteiger charge is -2.09. The topological polar surface area (TPSA) is 115 Å². The van der Waals surface area contributed by atoms with Crippen LogP contribution in [0.15, 0.2) is 34.1 Å². The van der Waals surface area contributed by atoms with E-state index in [9.17, 15) is 9.59 Å². The Kier molecular flexibility index (Phi) is 6.79. The normalized spacial score (nSPS) is 10.4. The second kappa shape index (κ2) is 9.48. The SMILES string of the molecule is COc1ccc(C(=O)Nc2nnc(SCC(=O)Nc3nccs3)s2)c(OC)c1. The largest absolute Gasteiger partial charge is 0.497 e. The van der Waals surface area contributed by atoms with Crippen LogP contribution in [0.3, 0.4) is 0 Å². The summed E-state index contributed by atoms with van der Waals surface area (Å²) in [6.45, 7) is 0. The average molecular weight is 438 g/mol. The number of ether oxygens (including phenoxy) is 2. The van der Waals surface area contributed by atoms with E-state index in [1.54, 1.807) is 29.8 Å². The van der Waals surface area contributed by atoms with Crippen LogP contribution in [0.5, 0.6) is 11.5 Å². The molecule has 2 amide bonds. The van der Waals surface area contributed by atoms with Crippen LogP contribution < -0.4 is 20.1 Å². The molecule has 0 saturated heterocycles. The predicted molar refractivity (Wildman–Crippen MR) is 109 cm³/mol. The predicted octanol–water partition coefficient (Wildman–Crippen LogP) is 2.99. The van der Waals surface area contributed by atoms with Crippen LogP contribution in [0.25, 0.3) is 0 Å². The van der Waals surface area contributed by atoms with E-state index in [0.29, 0.717) is 31.7 Å². The molecule has 0 saturated carbocycles. The fourth-order valence-corrected chi connectivity index (χ4v) is 4.13. The lowest BCUT2D eigenvalue weighted by Crippen LogP contribution is -2.13. The number of aromatic nitrogens is 3. The van der Waals surface area contributed by atoms with E-state index in [1.807, 2.05) is 0 Å². The molecule has 0 spiro atoms. The first-order valence-corrected chi connectivity index (χ1v) is 10.5. The number of hydrogen-bond acceptors (Lipinski definition) is 10. The molecule has 0 unspecified atom stereocenters. The Morgan fingerprint density at radius 2 is 2.00 bits per heavy atom. The molecule has 0 aliphatic heterocycles. The zero-order valence-electron chi connectivity index (χ0n) is 14.8. The Balaban J connectivity index is 1.57. The zero-order valence-corrected chi connectivity index (χ0v) is 17.2. The van der Waals surface area contributed by atoms with Crippen LogP contribution in [0, 0.1) is 0 Å². The van der Waals surface area contributed by atoms with E-state index in [1.165, 1.54) is 48.7 Å². The molecule has 12 heteroatoms. The number of carbonyl (C=O) groups is 2. The first kappa shape index (κ1) is 20.0. The van der Waals surface area contributed by atoms with Gasteiger partial charge >= 0.3 is 0 Å². The molecule has 0 atom stereocenters. The van der Waals surface area contributed by atoms with E-state index < -0.39 is 0 Å². The lowest BCUT2D eigenvalue weighted by molar-refractivity contribution is -0.113. The van der Waals surface area contributed by atoms with Gasteiger partial charge in [-0.25, -0.2) is 4.98 Å². The number of nitrogens with one attached hydrogen (secondary N) is 2.